The summed E-state index contributed by atoms with van der Waals surface area (Å²) < 4.78 is 0. The zero-order valence-corrected chi connectivity index (χ0v) is 12.5. The Balaban J connectivity index is 2.24. The van der Waals surface area contributed by atoms with Crippen molar-refractivity contribution in [3.8, 4) is 0 Å². The van der Waals surface area contributed by atoms with Gasteiger partial charge in [-0.2, -0.15) is 0 Å². The maximum Gasteiger partial charge on any atom is 0.236 e. The van der Waals surface area contributed by atoms with Crippen molar-refractivity contribution in [3.63, 3.8) is 0 Å². The van der Waals surface area contributed by atoms with Crippen molar-refractivity contribution in [2.24, 2.45) is 11.8 Å². The van der Waals surface area contributed by atoms with Crippen molar-refractivity contribution >= 4 is 5.91 Å². The van der Waals surface area contributed by atoms with Gasteiger partial charge in [-0.05, 0) is 44.6 Å². The van der Waals surface area contributed by atoms with Crippen LogP contribution in [-0.2, 0) is 4.79 Å². The summed E-state index contributed by atoms with van der Waals surface area (Å²) in [6.45, 7) is 5.92. The van der Waals surface area contributed by atoms with Crippen molar-refractivity contribution < 1.29 is 9.90 Å². The first-order valence-electron chi connectivity index (χ1n) is 7.81. The van der Waals surface area contributed by atoms with Crippen LogP contribution in [0.1, 0.15) is 52.4 Å². The van der Waals surface area contributed by atoms with Crippen molar-refractivity contribution in [1.29, 1.82) is 0 Å². The van der Waals surface area contributed by atoms with E-state index in [1.54, 1.807) is 0 Å². The molecule has 4 nitrogen and oxygen atoms in total. The number of hydrogen-bond donors (Lipinski definition) is 3. The van der Waals surface area contributed by atoms with Crippen LogP contribution in [0, 0.1) is 11.8 Å². The molecule has 112 valence electrons. The Kier molecular flexibility index (Phi) is 8.07. The largest absolute Gasteiger partial charge is 0.396 e. The summed E-state index contributed by atoms with van der Waals surface area (Å²) in [4.78, 5) is 11.8. The number of rotatable bonds is 8. The van der Waals surface area contributed by atoms with Crippen molar-refractivity contribution in [2.45, 2.75) is 58.4 Å². The van der Waals surface area contributed by atoms with Crippen LogP contribution in [-0.4, -0.2) is 36.8 Å². The van der Waals surface area contributed by atoms with Gasteiger partial charge < -0.3 is 15.7 Å². The lowest BCUT2D eigenvalue weighted by molar-refractivity contribution is -0.122. The minimum Gasteiger partial charge on any atom is -0.396 e. The van der Waals surface area contributed by atoms with Crippen molar-refractivity contribution in [1.82, 2.24) is 10.6 Å². The van der Waals surface area contributed by atoms with E-state index >= 15 is 0 Å². The van der Waals surface area contributed by atoms with E-state index in [2.05, 4.69) is 17.6 Å². The third-order valence-corrected chi connectivity index (χ3v) is 4.21. The Bertz CT molecular complexity index is 259. The molecular weight excluding hydrogens is 240 g/mol. The van der Waals surface area contributed by atoms with Gasteiger partial charge in [0.15, 0.2) is 0 Å². The molecule has 1 fully saturated rings. The van der Waals surface area contributed by atoms with Crippen LogP contribution < -0.4 is 10.6 Å². The predicted molar refractivity (Wildman–Crippen MR) is 77.9 cm³/mol. The first-order chi connectivity index (χ1) is 9.19. The number of carbonyl (C=O) groups is 1. The first kappa shape index (κ1) is 16.4. The molecule has 1 rings (SSSR count). The fourth-order valence-corrected chi connectivity index (χ4v) is 2.76. The van der Waals surface area contributed by atoms with Crippen LogP contribution in [0.2, 0.25) is 0 Å². The maximum absolute atomic E-state index is 11.8. The average molecular weight is 270 g/mol. The van der Waals surface area contributed by atoms with Gasteiger partial charge in [-0.3, -0.25) is 4.79 Å². The highest BCUT2D eigenvalue weighted by molar-refractivity contribution is 5.81. The molecule has 0 bridgehead atoms. The highest BCUT2D eigenvalue weighted by Crippen LogP contribution is 2.29. The van der Waals surface area contributed by atoms with Gasteiger partial charge in [-0.25, -0.2) is 0 Å². The zero-order chi connectivity index (χ0) is 14.1. The van der Waals surface area contributed by atoms with Gasteiger partial charge in [-0.1, -0.05) is 26.2 Å². The van der Waals surface area contributed by atoms with Crippen LogP contribution in [0.3, 0.4) is 0 Å². The number of aliphatic hydroxyl groups is 1. The second-order valence-electron chi connectivity index (χ2n) is 5.76. The van der Waals surface area contributed by atoms with E-state index in [1.807, 2.05) is 6.92 Å². The molecule has 0 heterocycles. The Morgan fingerprint density at radius 2 is 2.00 bits per heavy atom. The number of hydrogen-bond acceptors (Lipinski definition) is 3. The molecule has 1 aliphatic carbocycles. The standard InChI is InChI=1S/C15H30N2O2/c1-3-4-9-16-15(19)12(2)17-10-13-7-5-6-8-14(13)11-18/h12-14,17-18H,3-11H2,1-2H3,(H,16,19). The summed E-state index contributed by atoms with van der Waals surface area (Å²) in [5.74, 6) is 1.02. The van der Waals surface area contributed by atoms with E-state index in [4.69, 9.17) is 0 Å². The highest BCUT2D eigenvalue weighted by Gasteiger charge is 2.25. The van der Waals surface area contributed by atoms with Gasteiger partial charge in [0.1, 0.15) is 0 Å². The SMILES string of the molecule is CCCCNC(=O)C(C)NCC1CCCCC1CO. The Morgan fingerprint density at radius 3 is 2.63 bits per heavy atom. The molecule has 0 aromatic carbocycles. The summed E-state index contributed by atoms with van der Waals surface area (Å²) in [6, 6.07) is -0.141. The second-order valence-corrected chi connectivity index (χ2v) is 5.76. The summed E-state index contributed by atoms with van der Waals surface area (Å²) in [5, 5.41) is 15.6. The molecule has 4 heteroatoms. The van der Waals surface area contributed by atoms with E-state index in [0.717, 1.165) is 32.4 Å². The monoisotopic (exact) mass is 270 g/mol. The predicted octanol–water partition coefficient (Wildman–Crippen LogP) is 1.68. The van der Waals surface area contributed by atoms with Crippen LogP contribution in [0.5, 0.6) is 0 Å². The zero-order valence-electron chi connectivity index (χ0n) is 12.5. The van der Waals surface area contributed by atoms with Crippen LogP contribution in [0.4, 0.5) is 0 Å². The number of amides is 1. The molecule has 0 spiro atoms. The number of nitrogens with one attached hydrogen (secondary N) is 2. The van der Waals surface area contributed by atoms with Crippen LogP contribution in [0.25, 0.3) is 0 Å². The normalized spacial score (nSPS) is 25.0. The molecule has 19 heavy (non-hydrogen) atoms. The molecule has 0 aliphatic heterocycles. The van der Waals surface area contributed by atoms with Crippen LogP contribution >= 0.6 is 0 Å². The quantitative estimate of drug-likeness (QED) is 0.588. The molecule has 3 unspecified atom stereocenters. The lowest BCUT2D eigenvalue weighted by Gasteiger charge is -2.31. The third-order valence-electron chi connectivity index (χ3n) is 4.21. The first-order valence-corrected chi connectivity index (χ1v) is 7.81. The molecule has 0 radical (unpaired) electrons. The van der Waals surface area contributed by atoms with Crippen molar-refractivity contribution in [3.05, 3.63) is 0 Å². The van der Waals surface area contributed by atoms with Gasteiger partial charge in [0, 0.05) is 13.2 Å². The summed E-state index contributed by atoms with van der Waals surface area (Å²) in [6.07, 6.45) is 6.91. The second kappa shape index (κ2) is 9.32. The minimum absolute atomic E-state index is 0.0878. The lowest BCUT2D eigenvalue weighted by Crippen LogP contribution is -2.45. The van der Waals surface area contributed by atoms with Gasteiger partial charge >= 0.3 is 0 Å². The highest BCUT2D eigenvalue weighted by atomic mass is 16.3. The number of aliphatic hydroxyl groups excluding tert-OH is 1. The molecule has 1 saturated carbocycles. The Morgan fingerprint density at radius 1 is 1.32 bits per heavy atom. The Labute approximate surface area is 117 Å². The maximum atomic E-state index is 11.8. The minimum atomic E-state index is -0.141. The number of unbranched alkanes of at least 4 members (excludes halogenated alkanes) is 1. The molecule has 1 amide bonds. The van der Waals surface area contributed by atoms with E-state index < -0.39 is 0 Å². The van der Waals surface area contributed by atoms with E-state index in [-0.39, 0.29) is 18.6 Å². The van der Waals surface area contributed by atoms with E-state index in [0.29, 0.717) is 11.8 Å². The van der Waals surface area contributed by atoms with E-state index in [1.165, 1.54) is 19.3 Å². The average Bonchev–Trinajstić information content (AvgIpc) is 2.45. The molecule has 0 saturated heterocycles. The molecule has 0 aromatic heterocycles. The molecule has 3 atom stereocenters. The smallest absolute Gasteiger partial charge is 0.236 e. The van der Waals surface area contributed by atoms with Gasteiger partial charge in [0.05, 0.1) is 6.04 Å². The number of carbonyl (C=O) groups excluding carboxylic acids is 1. The molecule has 3 N–H and O–H groups in total. The Hall–Kier alpha value is -0.610. The fourth-order valence-electron chi connectivity index (χ4n) is 2.76. The summed E-state index contributed by atoms with van der Waals surface area (Å²) in [7, 11) is 0. The van der Waals surface area contributed by atoms with Gasteiger partial charge in [0.25, 0.3) is 0 Å². The van der Waals surface area contributed by atoms with E-state index in [9.17, 15) is 9.90 Å². The molecule has 0 aromatic rings. The topological polar surface area (TPSA) is 61.4 Å². The molecular formula is C15H30N2O2. The fraction of sp³-hybridized carbons (Fsp3) is 0.933. The van der Waals surface area contributed by atoms with Crippen molar-refractivity contribution in [2.75, 3.05) is 19.7 Å². The third kappa shape index (κ3) is 5.91. The van der Waals surface area contributed by atoms with Gasteiger partial charge in [-0.15, -0.1) is 0 Å². The lowest BCUT2D eigenvalue weighted by atomic mass is 9.79. The summed E-state index contributed by atoms with van der Waals surface area (Å²) in [5.41, 5.74) is 0. The van der Waals surface area contributed by atoms with Crippen LogP contribution in [0.15, 0.2) is 0 Å². The molecule has 1 aliphatic rings. The summed E-state index contributed by atoms with van der Waals surface area (Å²) >= 11 is 0. The van der Waals surface area contributed by atoms with Gasteiger partial charge in [0.2, 0.25) is 5.91 Å².